The molecule has 2 amide bonds. The van der Waals surface area contributed by atoms with E-state index in [0.29, 0.717) is 34.3 Å². The van der Waals surface area contributed by atoms with Crippen LogP contribution in [0.4, 0.5) is 10.5 Å². The van der Waals surface area contributed by atoms with Gasteiger partial charge in [0.05, 0.1) is 28.5 Å². The van der Waals surface area contributed by atoms with E-state index in [4.69, 9.17) is 21.1 Å². The summed E-state index contributed by atoms with van der Waals surface area (Å²) in [5.74, 6) is 0.309. The van der Waals surface area contributed by atoms with Crippen molar-refractivity contribution in [3.8, 4) is 11.5 Å². The highest BCUT2D eigenvalue weighted by atomic mass is 35.5. The quantitative estimate of drug-likeness (QED) is 0.206. The van der Waals surface area contributed by atoms with Crippen molar-refractivity contribution in [2.45, 2.75) is 13.2 Å². The van der Waals surface area contributed by atoms with Gasteiger partial charge < -0.3 is 9.47 Å². The Balaban J connectivity index is 1.51. The monoisotopic (exact) mass is 510 g/mol. The lowest BCUT2D eigenvalue weighted by Gasteiger charge is -2.14. The van der Waals surface area contributed by atoms with Crippen LogP contribution in [0.3, 0.4) is 0 Å². The van der Waals surface area contributed by atoms with Crippen LogP contribution < -0.4 is 9.47 Å². The summed E-state index contributed by atoms with van der Waals surface area (Å²) in [5.41, 5.74) is 2.07. The number of benzene rings is 3. The predicted octanol–water partition coefficient (Wildman–Crippen LogP) is 6.07. The van der Waals surface area contributed by atoms with Crippen LogP contribution in [0.1, 0.15) is 16.7 Å². The van der Waals surface area contributed by atoms with E-state index >= 15 is 0 Å². The van der Waals surface area contributed by atoms with Crippen molar-refractivity contribution < 1.29 is 24.0 Å². The van der Waals surface area contributed by atoms with E-state index in [0.717, 1.165) is 22.2 Å². The standard InChI is InChI=1S/C25H19ClN2O6S/c1-33-21-12-18(11-20(26)23(21)34-15-17-5-3-2-4-6-17)13-22-24(29)27(25(30)35-22)14-16-7-9-19(10-8-16)28(31)32/h2-13H,14-15H2,1H3/b22-13-. The van der Waals surface area contributed by atoms with Gasteiger partial charge in [-0.2, -0.15) is 0 Å². The third-order valence-corrected chi connectivity index (χ3v) is 6.33. The Labute approximate surface area is 210 Å². The van der Waals surface area contributed by atoms with E-state index in [1.54, 1.807) is 18.2 Å². The van der Waals surface area contributed by atoms with Crippen LogP contribution in [-0.2, 0) is 17.9 Å². The van der Waals surface area contributed by atoms with Crippen LogP contribution in [0.25, 0.3) is 6.08 Å². The smallest absolute Gasteiger partial charge is 0.293 e. The molecule has 0 aliphatic carbocycles. The SMILES string of the molecule is COc1cc(/C=C2\SC(=O)N(Cc3ccc([N+](=O)[O-])cc3)C2=O)cc(Cl)c1OCc1ccccc1. The normalized spacial score (nSPS) is 14.5. The minimum atomic E-state index is -0.510. The zero-order valence-electron chi connectivity index (χ0n) is 18.5. The number of nitro benzene ring substituents is 1. The Morgan fingerprint density at radius 1 is 1.06 bits per heavy atom. The molecule has 1 aliphatic heterocycles. The van der Waals surface area contributed by atoms with Crippen LogP contribution in [0.2, 0.25) is 5.02 Å². The molecule has 1 saturated heterocycles. The molecule has 0 N–H and O–H groups in total. The van der Waals surface area contributed by atoms with Crippen molar-refractivity contribution in [1.82, 2.24) is 4.90 Å². The summed E-state index contributed by atoms with van der Waals surface area (Å²) in [5, 5.41) is 10.7. The van der Waals surface area contributed by atoms with Crippen LogP contribution in [0, 0.1) is 10.1 Å². The highest BCUT2D eigenvalue weighted by Crippen LogP contribution is 2.39. The molecule has 0 aromatic heterocycles. The molecule has 1 aliphatic rings. The number of carbonyl (C=O) groups is 2. The van der Waals surface area contributed by atoms with Crippen LogP contribution in [-0.4, -0.2) is 28.1 Å². The number of amides is 2. The van der Waals surface area contributed by atoms with Gasteiger partial charge in [0.15, 0.2) is 11.5 Å². The zero-order chi connectivity index (χ0) is 24.9. The first-order chi connectivity index (χ1) is 16.9. The van der Waals surface area contributed by atoms with Crippen molar-refractivity contribution in [1.29, 1.82) is 0 Å². The number of rotatable bonds is 8. The van der Waals surface area contributed by atoms with E-state index in [-0.39, 0.29) is 17.1 Å². The fourth-order valence-corrected chi connectivity index (χ4v) is 4.50. The van der Waals surface area contributed by atoms with E-state index in [9.17, 15) is 19.7 Å². The van der Waals surface area contributed by atoms with Crippen molar-refractivity contribution in [2.75, 3.05) is 7.11 Å². The molecule has 4 rings (SSSR count). The molecule has 0 bridgehead atoms. The van der Waals surface area contributed by atoms with Gasteiger partial charge in [-0.1, -0.05) is 54.1 Å². The van der Waals surface area contributed by atoms with Gasteiger partial charge in [0.25, 0.3) is 16.8 Å². The van der Waals surface area contributed by atoms with Gasteiger partial charge >= 0.3 is 0 Å². The molecule has 35 heavy (non-hydrogen) atoms. The van der Waals surface area contributed by atoms with Crippen molar-refractivity contribution in [3.63, 3.8) is 0 Å². The number of nitrogens with zero attached hydrogens (tertiary/aromatic N) is 2. The summed E-state index contributed by atoms with van der Waals surface area (Å²) < 4.78 is 11.3. The number of non-ortho nitro benzene ring substituents is 1. The summed E-state index contributed by atoms with van der Waals surface area (Å²) in [4.78, 5) is 37.0. The number of methoxy groups -OCH3 is 1. The summed E-state index contributed by atoms with van der Waals surface area (Å²) in [7, 11) is 1.49. The number of hydrogen-bond donors (Lipinski definition) is 0. The lowest BCUT2D eigenvalue weighted by molar-refractivity contribution is -0.384. The summed E-state index contributed by atoms with van der Waals surface area (Å²) in [6.45, 7) is 0.314. The fourth-order valence-electron chi connectivity index (χ4n) is 3.39. The third kappa shape index (κ3) is 5.64. The molecule has 10 heteroatoms. The van der Waals surface area contributed by atoms with E-state index < -0.39 is 16.1 Å². The number of thioether (sulfide) groups is 1. The first-order valence-electron chi connectivity index (χ1n) is 10.4. The van der Waals surface area contributed by atoms with Crippen molar-refractivity contribution in [2.24, 2.45) is 0 Å². The summed E-state index contributed by atoms with van der Waals surface area (Å²) in [6, 6.07) is 18.6. The molecule has 0 spiro atoms. The highest BCUT2D eigenvalue weighted by molar-refractivity contribution is 8.18. The van der Waals surface area contributed by atoms with Crippen molar-refractivity contribution >= 4 is 46.3 Å². The number of imide groups is 1. The van der Waals surface area contributed by atoms with E-state index in [1.807, 2.05) is 30.3 Å². The topological polar surface area (TPSA) is 99.0 Å². The lowest BCUT2D eigenvalue weighted by Crippen LogP contribution is -2.27. The van der Waals surface area contributed by atoms with Gasteiger partial charge in [-0.15, -0.1) is 0 Å². The third-order valence-electron chi connectivity index (χ3n) is 5.14. The Morgan fingerprint density at radius 3 is 2.43 bits per heavy atom. The number of halogens is 1. The molecular weight excluding hydrogens is 492 g/mol. The second kappa shape index (κ2) is 10.6. The second-order valence-electron chi connectivity index (χ2n) is 7.50. The van der Waals surface area contributed by atoms with Gasteiger partial charge in [0.1, 0.15) is 6.61 Å². The molecular formula is C25H19ClN2O6S. The Morgan fingerprint density at radius 2 is 1.77 bits per heavy atom. The van der Waals surface area contributed by atoms with Gasteiger partial charge in [0, 0.05) is 12.1 Å². The molecule has 1 fully saturated rings. The number of nitro groups is 1. The molecule has 178 valence electrons. The fraction of sp³-hybridized carbons (Fsp3) is 0.120. The molecule has 3 aromatic rings. The molecule has 0 radical (unpaired) electrons. The minimum Gasteiger partial charge on any atom is -0.493 e. The minimum absolute atomic E-state index is 0.0103. The van der Waals surface area contributed by atoms with E-state index in [2.05, 4.69) is 0 Å². The van der Waals surface area contributed by atoms with Gasteiger partial charge in [-0.05, 0) is 46.7 Å². The summed E-state index contributed by atoms with van der Waals surface area (Å²) in [6.07, 6.45) is 1.57. The second-order valence-corrected chi connectivity index (χ2v) is 8.90. The number of ether oxygens (including phenoxy) is 2. The van der Waals surface area contributed by atoms with E-state index in [1.165, 1.54) is 31.4 Å². The van der Waals surface area contributed by atoms with Crippen molar-refractivity contribution in [3.05, 3.63) is 103 Å². The molecule has 8 nitrogen and oxygen atoms in total. The Hall–Kier alpha value is -3.82. The van der Waals surface area contributed by atoms with Crippen LogP contribution >= 0.6 is 23.4 Å². The largest absolute Gasteiger partial charge is 0.493 e. The number of hydrogen-bond acceptors (Lipinski definition) is 7. The van der Waals surface area contributed by atoms with Gasteiger partial charge in [-0.25, -0.2) is 0 Å². The molecule has 1 heterocycles. The Kier molecular flexibility index (Phi) is 7.38. The first-order valence-corrected chi connectivity index (χ1v) is 11.6. The molecule has 0 unspecified atom stereocenters. The highest BCUT2D eigenvalue weighted by Gasteiger charge is 2.35. The van der Waals surface area contributed by atoms with Gasteiger partial charge in [-0.3, -0.25) is 24.6 Å². The average Bonchev–Trinajstić information content (AvgIpc) is 3.11. The average molecular weight is 511 g/mol. The zero-order valence-corrected chi connectivity index (χ0v) is 20.0. The maximum Gasteiger partial charge on any atom is 0.293 e. The van der Waals surface area contributed by atoms with Gasteiger partial charge in [0.2, 0.25) is 0 Å². The van der Waals surface area contributed by atoms with Crippen LogP contribution in [0.15, 0.2) is 71.6 Å². The maximum atomic E-state index is 12.9. The lowest BCUT2D eigenvalue weighted by atomic mass is 10.1. The Bertz CT molecular complexity index is 1310. The predicted molar refractivity (Wildman–Crippen MR) is 133 cm³/mol. The van der Waals surface area contributed by atoms with Crippen LogP contribution in [0.5, 0.6) is 11.5 Å². The first kappa shape index (κ1) is 24.3. The number of carbonyl (C=O) groups excluding carboxylic acids is 2. The maximum absolute atomic E-state index is 12.9. The molecule has 0 atom stereocenters. The summed E-state index contributed by atoms with van der Waals surface area (Å²) >= 11 is 7.26. The molecule has 0 saturated carbocycles. The molecule has 3 aromatic carbocycles.